The second-order valence-electron chi connectivity index (χ2n) is 5.00. The van der Waals surface area contributed by atoms with Crippen molar-refractivity contribution < 1.29 is 14.0 Å². The van der Waals surface area contributed by atoms with Crippen molar-refractivity contribution in [3.8, 4) is 0 Å². The molecule has 2 aromatic carbocycles. The highest BCUT2D eigenvalue weighted by Crippen LogP contribution is 2.28. The first-order valence-electron chi connectivity index (χ1n) is 7.16. The first-order chi connectivity index (χ1) is 11.4. The van der Waals surface area contributed by atoms with E-state index in [9.17, 15) is 14.0 Å². The van der Waals surface area contributed by atoms with Crippen LogP contribution in [0.15, 0.2) is 42.5 Å². The molecule has 0 unspecified atom stereocenters. The first-order valence-corrected chi connectivity index (χ1v) is 7.91. The fraction of sp³-hybridized carbons (Fsp3) is 0.176. The number of halogens is 3. The Hall–Kier alpha value is -2.11. The van der Waals surface area contributed by atoms with Gasteiger partial charge in [-0.05, 0) is 30.3 Å². The third-order valence-corrected chi connectivity index (χ3v) is 3.86. The highest BCUT2D eigenvalue weighted by Gasteiger charge is 2.16. The maximum Gasteiger partial charge on any atom is 0.254 e. The summed E-state index contributed by atoms with van der Waals surface area (Å²) in [5.74, 6) is -1.38. The number of hydrogen-bond acceptors (Lipinski definition) is 2. The van der Waals surface area contributed by atoms with Crippen LogP contribution in [0, 0.1) is 5.82 Å². The third-order valence-electron chi connectivity index (χ3n) is 3.32. The van der Waals surface area contributed by atoms with Gasteiger partial charge in [0.1, 0.15) is 5.82 Å². The fourth-order valence-corrected chi connectivity index (χ4v) is 2.68. The van der Waals surface area contributed by atoms with E-state index >= 15 is 0 Å². The molecule has 0 aliphatic rings. The summed E-state index contributed by atoms with van der Waals surface area (Å²) in [5, 5.41) is 3.37. The topological polar surface area (TPSA) is 49.4 Å². The minimum absolute atomic E-state index is 0.0450. The van der Waals surface area contributed by atoms with Crippen molar-refractivity contribution in [2.24, 2.45) is 0 Å². The van der Waals surface area contributed by atoms with E-state index in [-0.39, 0.29) is 24.6 Å². The van der Waals surface area contributed by atoms with Crippen molar-refractivity contribution in [3.63, 3.8) is 0 Å². The van der Waals surface area contributed by atoms with Gasteiger partial charge in [-0.15, -0.1) is 0 Å². The maximum absolute atomic E-state index is 13.6. The Labute approximate surface area is 149 Å². The average molecular weight is 369 g/mol. The van der Waals surface area contributed by atoms with E-state index in [1.165, 1.54) is 36.1 Å². The number of nitrogens with one attached hydrogen (secondary N) is 1. The van der Waals surface area contributed by atoms with Gasteiger partial charge in [-0.1, -0.05) is 35.3 Å². The van der Waals surface area contributed by atoms with Crippen LogP contribution in [0.5, 0.6) is 0 Å². The maximum atomic E-state index is 13.6. The summed E-state index contributed by atoms with van der Waals surface area (Å²) in [6.07, 6.45) is 0. The van der Waals surface area contributed by atoms with Crippen molar-refractivity contribution in [1.29, 1.82) is 0 Å². The van der Waals surface area contributed by atoms with E-state index in [1.54, 1.807) is 18.2 Å². The lowest BCUT2D eigenvalue weighted by atomic mass is 10.2. The molecule has 126 valence electrons. The number of nitrogens with zero attached hydrogens (tertiary/aromatic N) is 1. The highest BCUT2D eigenvalue weighted by molar-refractivity contribution is 6.36. The lowest BCUT2D eigenvalue weighted by Gasteiger charge is -2.22. The highest BCUT2D eigenvalue weighted by atomic mass is 35.5. The number of carbonyl (C=O) groups excluding carboxylic acids is 2. The molecular weight excluding hydrogens is 354 g/mol. The predicted molar refractivity (Wildman–Crippen MR) is 93.2 cm³/mol. The van der Waals surface area contributed by atoms with Gasteiger partial charge in [-0.25, -0.2) is 4.39 Å². The van der Waals surface area contributed by atoms with Crippen LogP contribution in [-0.2, 0) is 4.79 Å². The van der Waals surface area contributed by atoms with Crippen LogP contribution in [0.2, 0.25) is 10.0 Å². The van der Waals surface area contributed by atoms with Crippen LogP contribution in [0.25, 0.3) is 0 Å². The van der Waals surface area contributed by atoms with E-state index < -0.39 is 11.7 Å². The van der Waals surface area contributed by atoms with Gasteiger partial charge in [-0.2, -0.15) is 0 Å². The number of carbonyl (C=O) groups is 2. The Kier molecular flexibility index (Phi) is 6.17. The molecule has 0 aliphatic carbocycles. The number of anilines is 1. The van der Waals surface area contributed by atoms with Gasteiger partial charge in [0.2, 0.25) is 5.91 Å². The second kappa shape index (κ2) is 8.13. The zero-order chi connectivity index (χ0) is 17.7. The minimum Gasteiger partial charge on any atom is -0.350 e. The van der Waals surface area contributed by atoms with Crippen LogP contribution >= 0.6 is 23.2 Å². The molecule has 0 spiro atoms. The molecule has 7 heteroatoms. The normalized spacial score (nSPS) is 10.3. The molecular formula is C17H15Cl2FN2O2. The molecule has 0 saturated carbocycles. The molecule has 2 amide bonds. The molecule has 4 nitrogen and oxygen atoms in total. The van der Waals surface area contributed by atoms with Crippen molar-refractivity contribution in [2.45, 2.75) is 6.92 Å². The summed E-state index contributed by atoms with van der Waals surface area (Å²) in [7, 11) is 0. The molecule has 0 aromatic heterocycles. The van der Waals surface area contributed by atoms with Crippen LogP contribution in [0.1, 0.15) is 17.3 Å². The molecule has 0 aliphatic heterocycles. The summed E-state index contributed by atoms with van der Waals surface area (Å²) in [4.78, 5) is 25.2. The lowest BCUT2D eigenvalue weighted by Crippen LogP contribution is -2.37. The van der Waals surface area contributed by atoms with Crippen molar-refractivity contribution in [1.82, 2.24) is 5.32 Å². The monoisotopic (exact) mass is 368 g/mol. The minimum atomic E-state index is -0.598. The summed E-state index contributed by atoms with van der Waals surface area (Å²) < 4.78 is 13.6. The molecule has 0 fully saturated rings. The van der Waals surface area contributed by atoms with Crippen LogP contribution in [-0.4, -0.2) is 24.9 Å². The molecule has 0 saturated heterocycles. The quantitative estimate of drug-likeness (QED) is 0.869. The van der Waals surface area contributed by atoms with Gasteiger partial charge >= 0.3 is 0 Å². The Bertz CT molecular complexity index is 768. The predicted octanol–water partition coefficient (Wildman–Crippen LogP) is 3.92. The zero-order valence-corrected chi connectivity index (χ0v) is 14.4. The van der Waals surface area contributed by atoms with Crippen LogP contribution < -0.4 is 10.2 Å². The number of hydrogen-bond donors (Lipinski definition) is 1. The van der Waals surface area contributed by atoms with Crippen LogP contribution in [0.3, 0.4) is 0 Å². The second-order valence-corrected chi connectivity index (χ2v) is 5.85. The third kappa shape index (κ3) is 4.46. The Morgan fingerprint density at radius 3 is 2.50 bits per heavy atom. The summed E-state index contributed by atoms with van der Waals surface area (Å²) in [6, 6.07) is 10.5. The van der Waals surface area contributed by atoms with Crippen molar-refractivity contribution >= 4 is 40.7 Å². The van der Waals surface area contributed by atoms with Crippen molar-refractivity contribution in [3.05, 3.63) is 63.9 Å². The SMILES string of the molecule is CC(=O)N(CCNC(=O)c1ccccc1F)c1ccc(Cl)cc1Cl. The molecule has 24 heavy (non-hydrogen) atoms. The van der Waals surface area contributed by atoms with Gasteiger partial charge in [-0.3, -0.25) is 9.59 Å². The average Bonchev–Trinajstić information content (AvgIpc) is 2.52. The Morgan fingerprint density at radius 2 is 1.88 bits per heavy atom. The van der Waals surface area contributed by atoms with E-state index in [4.69, 9.17) is 23.2 Å². The van der Waals surface area contributed by atoms with E-state index in [0.29, 0.717) is 15.7 Å². The van der Waals surface area contributed by atoms with E-state index in [2.05, 4.69) is 5.32 Å². The van der Waals surface area contributed by atoms with Gasteiger partial charge in [0.15, 0.2) is 0 Å². The summed E-state index contributed by atoms with van der Waals surface area (Å²) >= 11 is 12.0. The van der Waals surface area contributed by atoms with E-state index in [0.717, 1.165) is 0 Å². The largest absolute Gasteiger partial charge is 0.350 e. The van der Waals surface area contributed by atoms with Gasteiger partial charge in [0.05, 0.1) is 16.3 Å². The van der Waals surface area contributed by atoms with E-state index in [1.807, 2.05) is 0 Å². The molecule has 0 bridgehead atoms. The lowest BCUT2D eigenvalue weighted by molar-refractivity contribution is -0.116. The number of amides is 2. The molecule has 0 atom stereocenters. The number of rotatable bonds is 5. The fourth-order valence-electron chi connectivity index (χ4n) is 2.17. The smallest absolute Gasteiger partial charge is 0.254 e. The van der Waals surface area contributed by atoms with Crippen LogP contribution in [0.4, 0.5) is 10.1 Å². The Morgan fingerprint density at radius 1 is 1.17 bits per heavy atom. The van der Waals surface area contributed by atoms with Gasteiger partial charge in [0, 0.05) is 25.0 Å². The molecule has 2 rings (SSSR count). The van der Waals surface area contributed by atoms with Gasteiger partial charge < -0.3 is 10.2 Å². The molecule has 1 N–H and O–H groups in total. The zero-order valence-electron chi connectivity index (χ0n) is 12.9. The molecule has 0 radical (unpaired) electrons. The molecule has 0 heterocycles. The summed E-state index contributed by atoms with van der Waals surface area (Å²) in [5.41, 5.74) is 0.449. The molecule has 2 aromatic rings. The first kappa shape index (κ1) is 18.2. The standard InChI is InChI=1S/C17H15Cl2FN2O2/c1-11(23)22(16-7-6-12(18)10-14(16)19)9-8-21-17(24)13-4-2-3-5-15(13)20/h2-7,10H,8-9H2,1H3,(H,21,24). The Balaban J connectivity index is 2.04. The summed E-state index contributed by atoms with van der Waals surface area (Å²) in [6.45, 7) is 1.73. The number of benzene rings is 2. The van der Waals surface area contributed by atoms with Gasteiger partial charge in [0.25, 0.3) is 5.91 Å². The van der Waals surface area contributed by atoms with Crippen molar-refractivity contribution in [2.75, 3.05) is 18.0 Å².